The van der Waals surface area contributed by atoms with Crippen LogP contribution in [0.15, 0.2) is 70.2 Å². The van der Waals surface area contributed by atoms with E-state index in [1.54, 1.807) is 0 Å². The SMILES string of the molecule is Cn1c(Cc2cccc3ccccc23)nnc1SCC(=O)Nc1ccc2nc(SCC(=O)NC3CC3)sc2c1. The van der Waals surface area contributed by atoms with Crippen molar-refractivity contribution in [3.63, 3.8) is 0 Å². The molecule has 2 N–H and O–H groups in total. The lowest BCUT2D eigenvalue weighted by Gasteiger charge is -2.07. The second kappa shape index (κ2) is 11.4. The van der Waals surface area contributed by atoms with Gasteiger partial charge in [0.2, 0.25) is 11.8 Å². The molecule has 11 heteroatoms. The zero-order valence-electron chi connectivity index (χ0n) is 21.2. The van der Waals surface area contributed by atoms with Crippen molar-refractivity contribution in [1.82, 2.24) is 25.1 Å². The molecule has 1 aliphatic carbocycles. The fourth-order valence-corrected chi connectivity index (χ4v) is 6.88. The molecule has 5 aromatic rings. The molecule has 2 heterocycles. The Labute approximate surface area is 238 Å². The van der Waals surface area contributed by atoms with Crippen LogP contribution in [0.2, 0.25) is 0 Å². The van der Waals surface area contributed by atoms with Crippen LogP contribution >= 0.6 is 34.9 Å². The van der Waals surface area contributed by atoms with Gasteiger partial charge in [0.15, 0.2) is 9.50 Å². The fourth-order valence-electron chi connectivity index (χ4n) is 4.24. The summed E-state index contributed by atoms with van der Waals surface area (Å²) in [6.07, 6.45) is 2.82. The Hall–Kier alpha value is -3.41. The molecule has 1 saturated carbocycles. The predicted octanol–water partition coefficient (Wildman–Crippen LogP) is 5.27. The van der Waals surface area contributed by atoms with Crippen molar-refractivity contribution in [3.8, 4) is 0 Å². The second-order valence-electron chi connectivity index (χ2n) is 9.40. The van der Waals surface area contributed by atoms with E-state index in [1.807, 2.05) is 41.9 Å². The number of hydrogen-bond donors (Lipinski definition) is 2. The van der Waals surface area contributed by atoms with Gasteiger partial charge < -0.3 is 15.2 Å². The Bertz CT molecular complexity index is 1670. The zero-order valence-corrected chi connectivity index (χ0v) is 23.7. The van der Waals surface area contributed by atoms with Crippen molar-refractivity contribution in [2.24, 2.45) is 7.05 Å². The van der Waals surface area contributed by atoms with Crippen molar-refractivity contribution >= 4 is 73.4 Å². The Kier molecular flexibility index (Phi) is 7.53. The molecule has 1 aliphatic rings. The first-order chi connectivity index (χ1) is 19.0. The molecule has 1 fully saturated rings. The lowest BCUT2D eigenvalue weighted by atomic mass is 10.0. The molecule has 0 unspecified atom stereocenters. The molecule has 0 saturated heterocycles. The van der Waals surface area contributed by atoms with E-state index >= 15 is 0 Å². The number of hydrogen-bond acceptors (Lipinski definition) is 8. The number of carbonyl (C=O) groups is 2. The number of fused-ring (bicyclic) bond motifs is 2. The van der Waals surface area contributed by atoms with Crippen LogP contribution < -0.4 is 10.6 Å². The highest BCUT2D eigenvalue weighted by molar-refractivity contribution is 8.01. The molecular weight excluding hydrogens is 549 g/mol. The van der Waals surface area contributed by atoms with Crippen molar-refractivity contribution < 1.29 is 9.59 Å². The number of aromatic nitrogens is 4. The summed E-state index contributed by atoms with van der Waals surface area (Å²) in [4.78, 5) is 29.3. The number of nitrogens with zero attached hydrogens (tertiary/aromatic N) is 4. The van der Waals surface area contributed by atoms with E-state index in [0.29, 0.717) is 23.4 Å². The zero-order chi connectivity index (χ0) is 26.8. The van der Waals surface area contributed by atoms with Crippen LogP contribution in [0.25, 0.3) is 21.0 Å². The first kappa shape index (κ1) is 25.8. The highest BCUT2D eigenvalue weighted by Gasteiger charge is 2.23. The van der Waals surface area contributed by atoms with E-state index in [9.17, 15) is 9.59 Å². The summed E-state index contributed by atoms with van der Waals surface area (Å²) in [6.45, 7) is 0. The van der Waals surface area contributed by atoms with Crippen LogP contribution in [0.5, 0.6) is 0 Å². The Morgan fingerprint density at radius 1 is 1.00 bits per heavy atom. The van der Waals surface area contributed by atoms with E-state index in [0.717, 1.165) is 38.9 Å². The molecule has 2 amide bonds. The average molecular weight is 575 g/mol. The lowest BCUT2D eigenvalue weighted by molar-refractivity contribution is -0.118. The fraction of sp³-hybridized carbons (Fsp3) is 0.250. The summed E-state index contributed by atoms with van der Waals surface area (Å²) in [7, 11) is 1.93. The van der Waals surface area contributed by atoms with Crippen LogP contribution in [0, 0.1) is 0 Å². The number of carbonyl (C=O) groups excluding carboxylic acids is 2. The Morgan fingerprint density at radius 2 is 1.82 bits per heavy atom. The van der Waals surface area contributed by atoms with Crippen LogP contribution in [0.3, 0.4) is 0 Å². The van der Waals surface area contributed by atoms with Crippen LogP contribution in [0.4, 0.5) is 5.69 Å². The molecule has 3 aromatic carbocycles. The predicted molar refractivity (Wildman–Crippen MR) is 159 cm³/mol. The quantitative estimate of drug-likeness (QED) is 0.219. The van der Waals surface area contributed by atoms with E-state index in [4.69, 9.17) is 0 Å². The molecule has 6 rings (SSSR count). The van der Waals surface area contributed by atoms with Gasteiger partial charge in [-0.15, -0.1) is 21.5 Å². The van der Waals surface area contributed by atoms with Gasteiger partial charge >= 0.3 is 0 Å². The number of nitrogens with one attached hydrogen (secondary N) is 2. The molecule has 0 atom stereocenters. The second-order valence-corrected chi connectivity index (χ2v) is 12.6. The van der Waals surface area contributed by atoms with Crippen molar-refractivity contribution in [2.45, 2.75) is 34.8 Å². The lowest BCUT2D eigenvalue weighted by Crippen LogP contribution is -2.26. The molecule has 8 nitrogen and oxygen atoms in total. The van der Waals surface area contributed by atoms with Gasteiger partial charge in [-0.05, 0) is 47.4 Å². The van der Waals surface area contributed by atoms with Gasteiger partial charge in [-0.3, -0.25) is 9.59 Å². The number of thiazole rings is 1. The third kappa shape index (κ3) is 6.26. The van der Waals surface area contributed by atoms with Crippen LogP contribution in [-0.2, 0) is 23.1 Å². The molecule has 39 heavy (non-hydrogen) atoms. The van der Waals surface area contributed by atoms with Gasteiger partial charge in [0.1, 0.15) is 5.82 Å². The minimum Gasteiger partial charge on any atom is -0.353 e. The smallest absolute Gasteiger partial charge is 0.234 e. The van der Waals surface area contributed by atoms with Crippen LogP contribution in [0.1, 0.15) is 24.2 Å². The van der Waals surface area contributed by atoms with Gasteiger partial charge in [0.25, 0.3) is 0 Å². The molecule has 0 spiro atoms. The normalized spacial score (nSPS) is 13.2. The maximum atomic E-state index is 12.7. The largest absolute Gasteiger partial charge is 0.353 e. The van der Waals surface area contributed by atoms with Gasteiger partial charge in [0, 0.05) is 25.2 Å². The minimum atomic E-state index is -0.117. The van der Waals surface area contributed by atoms with Gasteiger partial charge in [-0.1, -0.05) is 66.0 Å². The number of amides is 2. The summed E-state index contributed by atoms with van der Waals surface area (Å²) in [5, 5.41) is 17.8. The van der Waals surface area contributed by atoms with Gasteiger partial charge in [-0.2, -0.15) is 0 Å². The molecule has 0 bridgehead atoms. The summed E-state index contributed by atoms with van der Waals surface area (Å²) in [6, 6.07) is 20.6. The first-order valence-electron chi connectivity index (χ1n) is 12.6. The average Bonchev–Trinajstić information content (AvgIpc) is 3.55. The van der Waals surface area contributed by atoms with Crippen molar-refractivity contribution in [1.29, 1.82) is 0 Å². The molecule has 198 valence electrons. The third-order valence-corrected chi connectivity index (χ3v) is 9.59. The number of thioether (sulfide) groups is 2. The molecule has 0 radical (unpaired) electrons. The van der Waals surface area contributed by atoms with E-state index in [2.05, 4.69) is 56.1 Å². The molecule has 0 aliphatic heterocycles. The van der Waals surface area contributed by atoms with Crippen LogP contribution in [-0.4, -0.2) is 49.1 Å². The first-order valence-corrected chi connectivity index (χ1v) is 15.4. The van der Waals surface area contributed by atoms with Crippen molar-refractivity contribution in [3.05, 3.63) is 72.1 Å². The monoisotopic (exact) mass is 574 g/mol. The minimum absolute atomic E-state index is 0.0517. The van der Waals surface area contributed by atoms with E-state index in [-0.39, 0.29) is 17.6 Å². The van der Waals surface area contributed by atoms with Gasteiger partial charge in [-0.25, -0.2) is 4.98 Å². The topological polar surface area (TPSA) is 102 Å². The Balaban J connectivity index is 1.04. The summed E-state index contributed by atoms with van der Waals surface area (Å²) in [5.41, 5.74) is 2.77. The standard InChI is InChI=1S/C28H26N6O2S3/c1-34-24(13-18-7-4-6-17-5-2-3-8-21(17)18)32-33-27(34)37-15-25(35)30-20-11-12-22-23(14-20)39-28(31-22)38-16-26(36)29-19-9-10-19/h2-8,11-12,14,19H,9-10,13,15-16H2,1H3,(H,29,36)(H,30,35). The number of anilines is 1. The van der Waals surface area contributed by atoms with E-state index in [1.165, 1.54) is 51.2 Å². The van der Waals surface area contributed by atoms with Crippen molar-refractivity contribution in [2.75, 3.05) is 16.8 Å². The summed E-state index contributed by atoms with van der Waals surface area (Å²) >= 11 is 4.33. The van der Waals surface area contributed by atoms with E-state index < -0.39 is 0 Å². The Morgan fingerprint density at radius 3 is 2.69 bits per heavy atom. The molecule has 2 aromatic heterocycles. The summed E-state index contributed by atoms with van der Waals surface area (Å²) in [5.74, 6) is 1.37. The number of benzene rings is 3. The maximum Gasteiger partial charge on any atom is 0.234 e. The summed E-state index contributed by atoms with van der Waals surface area (Å²) < 4.78 is 3.77. The maximum absolute atomic E-state index is 12.7. The number of rotatable bonds is 10. The molecular formula is C28H26N6O2S3. The highest BCUT2D eigenvalue weighted by atomic mass is 32.2. The third-order valence-electron chi connectivity index (χ3n) is 6.41. The highest BCUT2D eigenvalue weighted by Crippen LogP contribution is 2.31. The van der Waals surface area contributed by atoms with Gasteiger partial charge in [0.05, 0.1) is 21.7 Å².